The van der Waals surface area contributed by atoms with Gasteiger partial charge in [0, 0.05) is 25.3 Å². The molecular formula is C24H23N5O5. The van der Waals surface area contributed by atoms with E-state index in [1.54, 1.807) is 16.7 Å². The van der Waals surface area contributed by atoms with Crippen molar-refractivity contribution in [2.45, 2.75) is 39.0 Å². The lowest BCUT2D eigenvalue weighted by Crippen LogP contribution is -2.42. The van der Waals surface area contributed by atoms with E-state index in [2.05, 4.69) is 4.98 Å². The number of hydrogen-bond donors (Lipinski definition) is 0. The third-order valence-corrected chi connectivity index (χ3v) is 6.17. The standard InChI is InChI=1S/C24H23N5O5/c1-16-5-2-3-7-20(16)28-22-21(23(30)27(24(28)31)14-19-6-4-12-34-19)26(15-25-22)13-17-8-10-18(11-9-17)29(32)33/h2-3,5,7-11,15,19H,4,6,12-14H2,1H3/t19-/m1/s1. The van der Waals surface area contributed by atoms with Crippen molar-refractivity contribution < 1.29 is 9.66 Å². The number of ether oxygens (including phenoxy) is 1. The first-order valence-electron chi connectivity index (χ1n) is 11.1. The van der Waals surface area contributed by atoms with E-state index in [1.165, 1.54) is 27.6 Å². The number of benzene rings is 2. The number of fused-ring (bicyclic) bond motifs is 1. The van der Waals surface area contributed by atoms with Gasteiger partial charge in [0.15, 0.2) is 11.2 Å². The van der Waals surface area contributed by atoms with E-state index in [4.69, 9.17) is 4.74 Å². The lowest BCUT2D eigenvalue weighted by Gasteiger charge is -2.16. The number of aromatic nitrogens is 4. The Morgan fingerprint density at radius 1 is 1.15 bits per heavy atom. The van der Waals surface area contributed by atoms with Crippen molar-refractivity contribution in [1.82, 2.24) is 18.7 Å². The van der Waals surface area contributed by atoms with E-state index < -0.39 is 16.2 Å². The monoisotopic (exact) mass is 461 g/mol. The van der Waals surface area contributed by atoms with Crippen molar-refractivity contribution in [3.05, 3.63) is 96.9 Å². The second-order valence-electron chi connectivity index (χ2n) is 8.42. The second kappa shape index (κ2) is 8.71. The minimum Gasteiger partial charge on any atom is -0.376 e. The molecule has 1 fully saturated rings. The Hall–Kier alpha value is -4.05. The molecule has 1 atom stereocenters. The molecule has 0 saturated carbocycles. The summed E-state index contributed by atoms with van der Waals surface area (Å²) in [5, 5.41) is 11.0. The van der Waals surface area contributed by atoms with Crippen molar-refractivity contribution in [2.24, 2.45) is 0 Å². The van der Waals surface area contributed by atoms with Crippen LogP contribution in [0.5, 0.6) is 0 Å². The third-order valence-electron chi connectivity index (χ3n) is 6.17. The zero-order valence-electron chi connectivity index (χ0n) is 18.6. The summed E-state index contributed by atoms with van der Waals surface area (Å²) in [5.41, 5.74) is 1.96. The average molecular weight is 461 g/mol. The lowest BCUT2D eigenvalue weighted by atomic mass is 10.2. The highest BCUT2D eigenvalue weighted by atomic mass is 16.6. The van der Waals surface area contributed by atoms with E-state index in [0.717, 1.165) is 24.0 Å². The van der Waals surface area contributed by atoms with E-state index in [1.807, 2.05) is 31.2 Å². The molecule has 1 aliphatic rings. The Balaban J connectivity index is 1.69. The molecule has 4 aromatic rings. The molecule has 2 aromatic heterocycles. The predicted octanol–water partition coefficient (Wildman–Crippen LogP) is 2.79. The van der Waals surface area contributed by atoms with Gasteiger partial charge in [-0.3, -0.25) is 19.5 Å². The maximum absolute atomic E-state index is 13.6. The van der Waals surface area contributed by atoms with Gasteiger partial charge in [-0.05, 0) is 37.0 Å². The molecule has 2 aromatic carbocycles. The highest BCUT2D eigenvalue weighted by Gasteiger charge is 2.24. The fourth-order valence-electron chi connectivity index (χ4n) is 4.40. The fraction of sp³-hybridized carbons (Fsp3) is 0.292. The topological polar surface area (TPSA) is 114 Å². The zero-order chi connectivity index (χ0) is 23.8. The van der Waals surface area contributed by atoms with Gasteiger partial charge in [0.1, 0.15) is 0 Å². The van der Waals surface area contributed by atoms with E-state index in [9.17, 15) is 19.7 Å². The Bertz CT molecular complexity index is 1490. The third kappa shape index (κ3) is 3.81. The summed E-state index contributed by atoms with van der Waals surface area (Å²) in [5.74, 6) is 0. The van der Waals surface area contributed by atoms with Gasteiger partial charge in [-0.15, -0.1) is 0 Å². The number of nitro groups is 1. The molecule has 3 heterocycles. The van der Waals surface area contributed by atoms with Crippen molar-refractivity contribution in [3.8, 4) is 5.69 Å². The molecule has 0 amide bonds. The average Bonchev–Trinajstić information content (AvgIpc) is 3.49. The first kappa shape index (κ1) is 21.8. The van der Waals surface area contributed by atoms with Crippen LogP contribution in [0.1, 0.15) is 24.0 Å². The highest BCUT2D eigenvalue weighted by molar-refractivity contribution is 5.73. The quantitative estimate of drug-likeness (QED) is 0.322. The van der Waals surface area contributed by atoms with Gasteiger partial charge >= 0.3 is 5.69 Å². The number of nitrogens with zero attached hydrogens (tertiary/aromatic N) is 5. The van der Waals surface area contributed by atoms with Gasteiger partial charge in [-0.2, -0.15) is 0 Å². The summed E-state index contributed by atoms with van der Waals surface area (Å²) in [7, 11) is 0. The highest BCUT2D eigenvalue weighted by Crippen LogP contribution is 2.19. The number of hydrogen-bond acceptors (Lipinski definition) is 6. The van der Waals surface area contributed by atoms with Crippen LogP contribution in [0.2, 0.25) is 0 Å². The van der Waals surface area contributed by atoms with Crippen molar-refractivity contribution in [1.29, 1.82) is 0 Å². The molecule has 0 N–H and O–H groups in total. The van der Waals surface area contributed by atoms with Gasteiger partial charge < -0.3 is 9.30 Å². The minimum atomic E-state index is -0.457. The minimum absolute atomic E-state index is 0.00782. The molecule has 10 heteroatoms. The zero-order valence-corrected chi connectivity index (χ0v) is 18.6. The van der Waals surface area contributed by atoms with Crippen LogP contribution >= 0.6 is 0 Å². The van der Waals surface area contributed by atoms with Crippen LogP contribution < -0.4 is 11.2 Å². The molecule has 174 valence electrons. The molecule has 0 spiro atoms. The Labute approximate surface area is 193 Å². The van der Waals surface area contributed by atoms with Crippen LogP contribution in [0.4, 0.5) is 5.69 Å². The van der Waals surface area contributed by atoms with E-state index >= 15 is 0 Å². The predicted molar refractivity (Wildman–Crippen MR) is 125 cm³/mol. The Morgan fingerprint density at radius 3 is 2.59 bits per heavy atom. The molecule has 10 nitrogen and oxygen atoms in total. The fourth-order valence-corrected chi connectivity index (χ4v) is 4.40. The molecule has 0 bridgehead atoms. The number of nitro benzene ring substituents is 1. The first-order valence-corrected chi connectivity index (χ1v) is 11.1. The molecule has 5 rings (SSSR count). The second-order valence-corrected chi connectivity index (χ2v) is 8.42. The summed E-state index contributed by atoms with van der Waals surface area (Å²) in [6.07, 6.45) is 3.01. The number of aryl methyl sites for hydroxylation is 1. The van der Waals surface area contributed by atoms with E-state index in [0.29, 0.717) is 17.8 Å². The van der Waals surface area contributed by atoms with Crippen LogP contribution in [0.25, 0.3) is 16.9 Å². The summed E-state index contributed by atoms with van der Waals surface area (Å²) in [6.45, 7) is 2.96. The van der Waals surface area contributed by atoms with Crippen molar-refractivity contribution >= 4 is 16.9 Å². The van der Waals surface area contributed by atoms with Crippen LogP contribution in [0.3, 0.4) is 0 Å². The lowest BCUT2D eigenvalue weighted by molar-refractivity contribution is -0.384. The van der Waals surface area contributed by atoms with Crippen LogP contribution in [0.15, 0.2) is 64.4 Å². The molecule has 0 radical (unpaired) electrons. The normalized spacial score (nSPS) is 15.7. The molecule has 1 saturated heterocycles. The number of para-hydroxylation sites is 1. The summed E-state index contributed by atoms with van der Waals surface area (Å²) < 4.78 is 10.1. The first-order chi connectivity index (χ1) is 16.4. The van der Waals surface area contributed by atoms with E-state index in [-0.39, 0.29) is 30.5 Å². The largest absolute Gasteiger partial charge is 0.376 e. The summed E-state index contributed by atoms with van der Waals surface area (Å²) >= 11 is 0. The summed E-state index contributed by atoms with van der Waals surface area (Å²) in [4.78, 5) is 42.1. The van der Waals surface area contributed by atoms with Gasteiger partial charge in [-0.25, -0.2) is 14.3 Å². The maximum atomic E-state index is 13.6. The maximum Gasteiger partial charge on any atom is 0.337 e. The Kier molecular flexibility index (Phi) is 5.58. The number of rotatable bonds is 6. The molecular weight excluding hydrogens is 438 g/mol. The molecule has 1 aliphatic heterocycles. The molecule has 0 unspecified atom stereocenters. The smallest absolute Gasteiger partial charge is 0.337 e. The van der Waals surface area contributed by atoms with Crippen molar-refractivity contribution in [3.63, 3.8) is 0 Å². The number of non-ortho nitro benzene ring substituents is 1. The van der Waals surface area contributed by atoms with Crippen LogP contribution in [-0.4, -0.2) is 36.3 Å². The van der Waals surface area contributed by atoms with Crippen LogP contribution in [0, 0.1) is 17.0 Å². The number of imidazole rings is 1. The van der Waals surface area contributed by atoms with Gasteiger partial charge in [0.25, 0.3) is 11.2 Å². The van der Waals surface area contributed by atoms with Crippen LogP contribution in [-0.2, 0) is 17.8 Å². The Morgan fingerprint density at radius 2 is 1.91 bits per heavy atom. The van der Waals surface area contributed by atoms with Gasteiger partial charge in [0.05, 0.1) is 29.6 Å². The van der Waals surface area contributed by atoms with Gasteiger partial charge in [0.2, 0.25) is 0 Å². The molecule has 34 heavy (non-hydrogen) atoms. The van der Waals surface area contributed by atoms with Gasteiger partial charge in [-0.1, -0.05) is 30.3 Å². The SMILES string of the molecule is Cc1ccccc1-n1c(=O)n(C[C@H]2CCCO2)c(=O)c2c1ncn2Cc1ccc([N+](=O)[O-])cc1. The summed E-state index contributed by atoms with van der Waals surface area (Å²) in [6, 6.07) is 13.6. The van der Waals surface area contributed by atoms with Crippen molar-refractivity contribution in [2.75, 3.05) is 6.61 Å². The molecule has 0 aliphatic carbocycles.